The highest BCUT2D eigenvalue weighted by molar-refractivity contribution is 7.92. The number of rotatable bonds is 11. The summed E-state index contributed by atoms with van der Waals surface area (Å²) in [5.74, 6) is -0.738. The molecule has 1 N–H and O–H groups in total. The van der Waals surface area contributed by atoms with E-state index in [1.54, 1.807) is 12.1 Å². The Kier molecular flexibility index (Phi) is 10.6. The molecule has 0 heterocycles. The van der Waals surface area contributed by atoms with Crippen LogP contribution in [0.2, 0.25) is 10.0 Å². The molecule has 1 saturated carbocycles. The second-order valence-corrected chi connectivity index (χ2v) is 13.5. The molecule has 224 valence electrons. The van der Waals surface area contributed by atoms with Crippen LogP contribution < -0.4 is 9.62 Å². The number of halogens is 2. The first-order valence-electron chi connectivity index (χ1n) is 14.2. The molecule has 4 rings (SSSR count). The monoisotopic (exact) mass is 629 g/mol. The Morgan fingerprint density at radius 3 is 2.07 bits per heavy atom. The molecule has 1 fully saturated rings. The van der Waals surface area contributed by atoms with Crippen molar-refractivity contribution in [1.82, 2.24) is 10.2 Å². The highest BCUT2D eigenvalue weighted by Gasteiger charge is 2.34. The van der Waals surface area contributed by atoms with Gasteiger partial charge in [-0.15, -0.1) is 0 Å². The van der Waals surface area contributed by atoms with Crippen LogP contribution in [0.5, 0.6) is 0 Å². The summed E-state index contributed by atoms with van der Waals surface area (Å²) < 4.78 is 29.0. The minimum Gasteiger partial charge on any atom is -0.352 e. The van der Waals surface area contributed by atoms with Crippen molar-refractivity contribution in [3.8, 4) is 0 Å². The first-order chi connectivity index (χ1) is 20.0. The average Bonchev–Trinajstić information content (AvgIpc) is 3.47. The van der Waals surface area contributed by atoms with Gasteiger partial charge in [0.15, 0.2) is 0 Å². The topological polar surface area (TPSA) is 86.8 Å². The third-order valence-electron chi connectivity index (χ3n) is 7.64. The molecular formula is C32H37Cl2N3O4S. The number of hydrogen-bond donors (Lipinski definition) is 1. The molecule has 42 heavy (non-hydrogen) atoms. The highest BCUT2D eigenvalue weighted by Crippen LogP contribution is 2.31. The van der Waals surface area contributed by atoms with Crippen LogP contribution in [0.1, 0.15) is 55.7 Å². The van der Waals surface area contributed by atoms with Gasteiger partial charge in [0.1, 0.15) is 12.6 Å². The summed E-state index contributed by atoms with van der Waals surface area (Å²) >= 11 is 12.4. The fraction of sp³-hybridized carbons (Fsp3) is 0.375. The maximum Gasteiger partial charge on any atom is 0.264 e. The Morgan fingerprint density at radius 1 is 0.905 bits per heavy atom. The van der Waals surface area contributed by atoms with Gasteiger partial charge in [-0.2, -0.15) is 0 Å². The van der Waals surface area contributed by atoms with Crippen molar-refractivity contribution in [3.05, 3.63) is 93.5 Å². The van der Waals surface area contributed by atoms with Crippen LogP contribution in [-0.2, 0) is 26.2 Å². The molecule has 2 amide bonds. The molecule has 0 aromatic heterocycles. The number of anilines is 1. The van der Waals surface area contributed by atoms with Crippen molar-refractivity contribution >= 4 is 50.7 Å². The number of aryl methyl sites for hydroxylation is 2. The van der Waals surface area contributed by atoms with Crippen LogP contribution >= 0.6 is 23.2 Å². The van der Waals surface area contributed by atoms with E-state index in [0.717, 1.165) is 46.7 Å². The van der Waals surface area contributed by atoms with Crippen molar-refractivity contribution in [2.45, 2.75) is 76.4 Å². The molecule has 1 aliphatic carbocycles. The molecule has 0 spiro atoms. The minimum atomic E-state index is -4.20. The maximum absolute atomic E-state index is 14.2. The predicted octanol–water partition coefficient (Wildman–Crippen LogP) is 6.67. The van der Waals surface area contributed by atoms with E-state index < -0.39 is 28.5 Å². The van der Waals surface area contributed by atoms with Crippen molar-refractivity contribution in [3.63, 3.8) is 0 Å². The predicted molar refractivity (Wildman–Crippen MR) is 168 cm³/mol. The fourth-order valence-electron chi connectivity index (χ4n) is 5.18. The van der Waals surface area contributed by atoms with E-state index in [-0.39, 0.29) is 39.1 Å². The van der Waals surface area contributed by atoms with Crippen LogP contribution in [0.15, 0.2) is 71.6 Å². The third-order valence-corrected chi connectivity index (χ3v) is 10.2. The van der Waals surface area contributed by atoms with E-state index in [2.05, 4.69) is 5.32 Å². The van der Waals surface area contributed by atoms with Crippen molar-refractivity contribution in [1.29, 1.82) is 0 Å². The van der Waals surface area contributed by atoms with Gasteiger partial charge in [0.25, 0.3) is 10.0 Å². The maximum atomic E-state index is 14.2. The lowest BCUT2D eigenvalue weighted by Gasteiger charge is -2.34. The summed E-state index contributed by atoms with van der Waals surface area (Å²) in [5, 5.41) is 3.54. The lowest BCUT2D eigenvalue weighted by molar-refractivity contribution is -0.140. The van der Waals surface area contributed by atoms with Gasteiger partial charge in [-0.05, 0) is 69.0 Å². The molecule has 10 heteroatoms. The SMILES string of the molecule is CC[C@H](C(=O)NC1CCCC1)N(Cc1ccc(C)cc1)C(=O)CN(c1ccc(Cl)c(Cl)c1)S(=O)(=O)c1ccc(C)cc1. The lowest BCUT2D eigenvalue weighted by atomic mass is 10.1. The van der Waals surface area contributed by atoms with E-state index in [1.807, 2.05) is 45.0 Å². The van der Waals surface area contributed by atoms with Crippen LogP contribution in [0, 0.1) is 13.8 Å². The zero-order valence-corrected chi connectivity index (χ0v) is 26.5. The molecular weight excluding hydrogens is 593 g/mol. The van der Waals surface area contributed by atoms with E-state index in [1.165, 1.54) is 35.2 Å². The summed E-state index contributed by atoms with van der Waals surface area (Å²) in [7, 11) is -4.20. The molecule has 0 aliphatic heterocycles. The van der Waals surface area contributed by atoms with E-state index in [9.17, 15) is 18.0 Å². The molecule has 3 aromatic rings. The van der Waals surface area contributed by atoms with Gasteiger partial charge < -0.3 is 10.2 Å². The van der Waals surface area contributed by atoms with E-state index in [4.69, 9.17) is 23.2 Å². The number of hydrogen-bond acceptors (Lipinski definition) is 4. The van der Waals surface area contributed by atoms with Crippen molar-refractivity contribution < 1.29 is 18.0 Å². The Labute approximate surface area is 258 Å². The number of nitrogens with one attached hydrogen (secondary N) is 1. The molecule has 0 saturated heterocycles. The Hall–Kier alpha value is -3.07. The smallest absolute Gasteiger partial charge is 0.264 e. The molecule has 0 radical (unpaired) electrons. The summed E-state index contributed by atoms with van der Waals surface area (Å²) in [4.78, 5) is 29.3. The summed E-state index contributed by atoms with van der Waals surface area (Å²) in [6, 6.07) is 17.9. The normalized spacial score (nSPS) is 14.4. The second kappa shape index (κ2) is 13.9. The Balaban J connectivity index is 1.73. The van der Waals surface area contributed by atoms with Gasteiger partial charge in [0.2, 0.25) is 11.8 Å². The zero-order chi connectivity index (χ0) is 30.4. The van der Waals surface area contributed by atoms with Gasteiger partial charge in [-0.25, -0.2) is 8.42 Å². The largest absolute Gasteiger partial charge is 0.352 e. The van der Waals surface area contributed by atoms with Crippen molar-refractivity contribution in [2.75, 3.05) is 10.8 Å². The standard InChI is InChI=1S/C32H37Cl2N3O4S/c1-4-30(32(39)35-25-7-5-6-8-25)36(20-24-13-9-22(2)10-14-24)31(38)21-37(26-15-18-28(33)29(34)19-26)42(40,41)27-16-11-23(3)12-17-27/h9-19,25,30H,4-8,20-21H2,1-3H3,(H,35,39)/t30-/m1/s1. The molecule has 1 aliphatic rings. The number of sulfonamides is 1. The van der Waals surface area contributed by atoms with E-state index >= 15 is 0 Å². The van der Waals surface area contributed by atoms with Crippen LogP contribution in [0.4, 0.5) is 5.69 Å². The van der Waals surface area contributed by atoms with Gasteiger partial charge in [0, 0.05) is 12.6 Å². The minimum absolute atomic E-state index is 0.0306. The second-order valence-electron chi connectivity index (χ2n) is 10.8. The Bertz CT molecular complexity index is 1510. The molecule has 3 aromatic carbocycles. The first-order valence-corrected chi connectivity index (χ1v) is 16.4. The number of benzene rings is 3. The third kappa shape index (κ3) is 7.65. The molecule has 0 bridgehead atoms. The number of amides is 2. The van der Waals surface area contributed by atoms with Gasteiger partial charge >= 0.3 is 0 Å². The molecule has 0 unspecified atom stereocenters. The van der Waals surface area contributed by atoms with Gasteiger partial charge in [0.05, 0.1) is 20.6 Å². The molecule has 1 atom stereocenters. The lowest BCUT2D eigenvalue weighted by Crippen LogP contribution is -2.53. The average molecular weight is 631 g/mol. The fourth-order valence-corrected chi connectivity index (χ4v) is 6.88. The number of carbonyl (C=O) groups is 2. The number of carbonyl (C=O) groups excluding carboxylic acids is 2. The van der Waals surface area contributed by atoms with E-state index in [0.29, 0.717) is 6.42 Å². The van der Waals surface area contributed by atoms with Crippen LogP contribution in [0.3, 0.4) is 0 Å². The highest BCUT2D eigenvalue weighted by atomic mass is 35.5. The molecule has 7 nitrogen and oxygen atoms in total. The number of nitrogens with zero attached hydrogens (tertiary/aromatic N) is 2. The van der Waals surface area contributed by atoms with Crippen molar-refractivity contribution in [2.24, 2.45) is 0 Å². The Morgan fingerprint density at radius 2 is 1.50 bits per heavy atom. The summed E-state index contributed by atoms with van der Waals surface area (Å²) in [6.45, 7) is 5.31. The summed E-state index contributed by atoms with van der Waals surface area (Å²) in [6.07, 6.45) is 4.31. The van der Waals surface area contributed by atoms with Gasteiger partial charge in [-0.1, -0.05) is 90.5 Å². The van der Waals surface area contributed by atoms with Crippen LogP contribution in [0.25, 0.3) is 0 Å². The van der Waals surface area contributed by atoms with Gasteiger partial charge in [-0.3, -0.25) is 13.9 Å². The quantitative estimate of drug-likeness (QED) is 0.256. The van der Waals surface area contributed by atoms with Crippen LogP contribution in [-0.4, -0.2) is 43.8 Å². The first kappa shape index (κ1) is 31.9. The summed E-state index contributed by atoms with van der Waals surface area (Å²) in [5.41, 5.74) is 2.99. The zero-order valence-electron chi connectivity index (χ0n) is 24.1.